The molecule has 0 fully saturated rings. The van der Waals surface area contributed by atoms with Crippen LogP contribution in [0.4, 0.5) is 5.69 Å². The van der Waals surface area contributed by atoms with E-state index in [0.717, 1.165) is 26.7 Å². The maximum absolute atomic E-state index is 5.76. The minimum absolute atomic E-state index is 0.592. The summed E-state index contributed by atoms with van der Waals surface area (Å²) >= 11 is 3.49. The maximum atomic E-state index is 5.76. The van der Waals surface area contributed by atoms with Gasteiger partial charge in [0.25, 0.3) is 0 Å². The lowest BCUT2D eigenvalue weighted by Gasteiger charge is -1.96. The van der Waals surface area contributed by atoms with Gasteiger partial charge >= 0.3 is 0 Å². The van der Waals surface area contributed by atoms with Crippen molar-refractivity contribution in [3.8, 4) is 11.5 Å². The Morgan fingerprint density at radius 2 is 2.06 bits per heavy atom. The van der Waals surface area contributed by atoms with Gasteiger partial charge in [0.2, 0.25) is 5.89 Å². The summed E-state index contributed by atoms with van der Waals surface area (Å²) in [5.41, 5.74) is 10.1. The Hall–Kier alpha value is -1.81. The Labute approximate surface area is 113 Å². The van der Waals surface area contributed by atoms with Crippen LogP contribution in [-0.4, -0.2) is 4.98 Å². The van der Waals surface area contributed by atoms with Gasteiger partial charge in [-0.25, -0.2) is 4.98 Å². The molecule has 0 amide bonds. The van der Waals surface area contributed by atoms with Gasteiger partial charge in [-0.1, -0.05) is 22.0 Å². The second-order valence-corrected chi connectivity index (χ2v) is 5.07. The Bertz CT molecular complexity index is 695. The largest absolute Gasteiger partial charge is 0.436 e. The molecule has 2 N–H and O–H groups in total. The predicted octanol–water partition coefficient (Wildman–Crippen LogP) is 4.15. The van der Waals surface area contributed by atoms with E-state index in [1.165, 1.54) is 0 Å². The van der Waals surface area contributed by atoms with Gasteiger partial charge in [-0.2, -0.15) is 0 Å². The molecule has 0 radical (unpaired) electrons. The third kappa shape index (κ3) is 1.88. The van der Waals surface area contributed by atoms with Gasteiger partial charge < -0.3 is 10.2 Å². The van der Waals surface area contributed by atoms with E-state index >= 15 is 0 Å². The molecule has 1 heterocycles. The van der Waals surface area contributed by atoms with Crippen LogP contribution < -0.4 is 5.73 Å². The van der Waals surface area contributed by atoms with Crippen LogP contribution in [0.5, 0.6) is 0 Å². The molecule has 4 heteroatoms. The van der Waals surface area contributed by atoms with Gasteiger partial charge in [0.15, 0.2) is 5.58 Å². The number of aryl methyl sites for hydroxylation is 1. The summed E-state index contributed by atoms with van der Waals surface area (Å²) in [4.78, 5) is 4.48. The highest BCUT2D eigenvalue weighted by molar-refractivity contribution is 9.10. The van der Waals surface area contributed by atoms with Gasteiger partial charge in [-0.05, 0) is 42.8 Å². The standard InChI is InChI=1S/C14H11BrN2O/c1-8-5-12-13(7-11(8)15)18-14(17-12)9-3-2-4-10(16)6-9/h2-7H,16H2,1H3. The molecule has 1 aromatic heterocycles. The Balaban J connectivity index is 2.19. The molecule has 0 aliphatic carbocycles. The van der Waals surface area contributed by atoms with Crippen LogP contribution in [0, 0.1) is 6.92 Å². The van der Waals surface area contributed by atoms with Crippen molar-refractivity contribution in [2.24, 2.45) is 0 Å². The lowest BCUT2D eigenvalue weighted by atomic mass is 10.2. The molecule has 18 heavy (non-hydrogen) atoms. The number of nitrogen functional groups attached to an aromatic ring is 1. The Kier molecular flexibility index (Phi) is 2.59. The number of hydrogen-bond donors (Lipinski definition) is 1. The predicted molar refractivity (Wildman–Crippen MR) is 76.3 cm³/mol. The molecule has 90 valence electrons. The number of oxazole rings is 1. The molecule has 3 nitrogen and oxygen atoms in total. The summed E-state index contributed by atoms with van der Waals surface area (Å²) in [6.07, 6.45) is 0. The smallest absolute Gasteiger partial charge is 0.227 e. The van der Waals surface area contributed by atoms with Crippen molar-refractivity contribution in [2.45, 2.75) is 6.92 Å². The van der Waals surface area contributed by atoms with Crippen LogP contribution >= 0.6 is 15.9 Å². The van der Waals surface area contributed by atoms with E-state index in [9.17, 15) is 0 Å². The zero-order valence-electron chi connectivity index (χ0n) is 9.77. The molecule has 0 atom stereocenters. The van der Waals surface area contributed by atoms with Crippen molar-refractivity contribution in [1.82, 2.24) is 4.98 Å². The van der Waals surface area contributed by atoms with E-state index in [1.54, 1.807) is 0 Å². The number of nitrogens with two attached hydrogens (primary N) is 1. The number of fused-ring (bicyclic) bond motifs is 1. The van der Waals surface area contributed by atoms with Gasteiger partial charge in [-0.15, -0.1) is 0 Å². The number of nitrogens with zero attached hydrogens (tertiary/aromatic N) is 1. The van der Waals surface area contributed by atoms with E-state index < -0.39 is 0 Å². The first kappa shape index (κ1) is 11.3. The fourth-order valence-electron chi connectivity index (χ4n) is 1.85. The fraction of sp³-hybridized carbons (Fsp3) is 0.0714. The van der Waals surface area contributed by atoms with Crippen molar-refractivity contribution in [2.75, 3.05) is 5.73 Å². The normalized spacial score (nSPS) is 11.0. The number of rotatable bonds is 1. The third-order valence-corrected chi connectivity index (χ3v) is 3.66. The summed E-state index contributed by atoms with van der Waals surface area (Å²) in [6, 6.07) is 11.5. The van der Waals surface area contributed by atoms with E-state index in [-0.39, 0.29) is 0 Å². The number of halogens is 1. The third-order valence-electron chi connectivity index (χ3n) is 2.80. The number of aromatic nitrogens is 1. The summed E-state index contributed by atoms with van der Waals surface area (Å²) in [5.74, 6) is 0.592. The first-order valence-corrected chi connectivity index (χ1v) is 6.35. The van der Waals surface area contributed by atoms with E-state index in [1.807, 2.05) is 43.3 Å². The molecule has 3 rings (SSSR count). The SMILES string of the molecule is Cc1cc2nc(-c3cccc(N)c3)oc2cc1Br. The first-order valence-electron chi connectivity index (χ1n) is 5.56. The van der Waals surface area contributed by atoms with E-state index in [4.69, 9.17) is 10.2 Å². The molecule has 0 bridgehead atoms. The van der Waals surface area contributed by atoms with Crippen LogP contribution in [0.1, 0.15) is 5.56 Å². The Morgan fingerprint density at radius 1 is 1.22 bits per heavy atom. The molecular formula is C14H11BrN2O. The summed E-state index contributed by atoms with van der Waals surface area (Å²) in [6.45, 7) is 2.03. The molecule has 3 aromatic rings. The van der Waals surface area contributed by atoms with Crippen LogP contribution in [0.3, 0.4) is 0 Å². The second kappa shape index (κ2) is 4.14. The minimum atomic E-state index is 0.592. The van der Waals surface area contributed by atoms with Crippen molar-refractivity contribution < 1.29 is 4.42 Å². The first-order chi connectivity index (χ1) is 8.63. The van der Waals surface area contributed by atoms with Gasteiger partial charge in [0, 0.05) is 15.7 Å². The van der Waals surface area contributed by atoms with Crippen molar-refractivity contribution in [1.29, 1.82) is 0 Å². The summed E-state index contributed by atoms with van der Waals surface area (Å²) < 4.78 is 6.77. The molecule has 0 saturated heterocycles. The van der Waals surface area contributed by atoms with E-state index in [2.05, 4.69) is 20.9 Å². The van der Waals surface area contributed by atoms with Crippen molar-refractivity contribution in [3.05, 3.63) is 46.4 Å². The molecule has 0 spiro atoms. The highest BCUT2D eigenvalue weighted by atomic mass is 79.9. The average molecular weight is 303 g/mol. The molecule has 0 aliphatic rings. The van der Waals surface area contributed by atoms with Crippen molar-refractivity contribution in [3.63, 3.8) is 0 Å². The highest BCUT2D eigenvalue weighted by Crippen LogP contribution is 2.29. The van der Waals surface area contributed by atoms with Crippen LogP contribution in [-0.2, 0) is 0 Å². The van der Waals surface area contributed by atoms with Crippen LogP contribution in [0.2, 0.25) is 0 Å². The Morgan fingerprint density at radius 3 is 2.83 bits per heavy atom. The van der Waals surface area contributed by atoms with Crippen molar-refractivity contribution >= 4 is 32.7 Å². The van der Waals surface area contributed by atoms with Crippen LogP contribution in [0.15, 0.2) is 45.3 Å². The second-order valence-electron chi connectivity index (χ2n) is 4.21. The summed E-state index contributed by atoms with van der Waals surface area (Å²) in [7, 11) is 0. The zero-order chi connectivity index (χ0) is 12.7. The quantitative estimate of drug-likeness (QED) is 0.687. The lowest BCUT2D eigenvalue weighted by molar-refractivity contribution is 0.619. The monoisotopic (exact) mass is 302 g/mol. The molecule has 0 saturated carbocycles. The average Bonchev–Trinajstić information content (AvgIpc) is 2.73. The van der Waals surface area contributed by atoms with Gasteiger partial charge in [0.05, 0.1) is 0 Å². The minimum Gasteiger partial charge on any atom is -0.436 e. The molecule has 0 aliphatic heterocycles. The van der Waals surface area contributed by atoms with E-state index in [0.29, 0.717) is 11.6 Å². The number of benzene rings is 2. The van der Waals surface area contributed by atoms with Gasteiger partial charge in [0.1, 0.15) is 5.52 Å². The number of hydrogen-bond acceptors (Lipinski definition) is 3. The highest BCUT2D eigenvalue weighted by Gasteiger charge is 2.09. The van der Waals surface area contributed by atoms with Crippen LogP contribution in [0.25, 0.3) is 22.6 Å². The topological polar surface area (TPSA) is 52.0 Å². The maximum Gasteiger partial charge on any atom is 0.227 e. The number of anilines is 1. The summed E-state index contributed by atoms with van der Waals surface area (Å²) in [5, 5.41) is 0. The van der Waals surface area contributed by atoms with Gasteiger partial charge in [-0.3, -0.25) is 0 Å². The lowest BCUT2D eigenvalue weighted by Crippen LogP contribution is -1.84. The molecule has 2 aromatic carbocycles. The molecule has 0 unspecified atom stereocenters. The fourth-order valence-corrected chi connectivity index (χ4v) is 2.17. The zero-order valence-corrected chi connectivity index (χ0v) is 11.4. The molecular weight excluding hydrogens is 292 g/mol.